The molecule has 1 N–H and O–H groups in total. The average Bonchev–Trinajstić information content (AvgIpc) is 2.94. The van der Waals surface area contributed by atoms with Gasteiger partial charge in [0.05, 0.1) is 0 Å². The molecular weight excluding hydrogens is 292 g/mol. The molecule has 116 valence electrons. The summed E-state index contributed by atoms with van der Waals surface area (Å²) >= 11 is 1.83. The minimum Gasteiger partial charge on any atom is -0.326 e. The van der Waals surface area contributed by atoms with Gasteiger partial charge in [0.2, 0.25) is 5.91 Å². The van der Waals surface area contributed by atoms with E-state index in [1.54, 1.807) is 0 Å². The van der Waals surface area contributed by atoms with E-state index >= 15 is 0 Å². The first-order valence-corrected chi connectivity index (χ1v) is 8.71. The van der Waals surface area contributed by atoms with Gasteiger partial charge in [-0.3, -0.25) is 9.69 Å². The van der Waals surface area contributed by atoms with Gasteiger partial charge in [-0.15, -0.1) is 11.3 Å². The van der Waals surface area contributed by atoms with Crippen LogP contribution in [0.15, 0.2) is 41.8 Å². The first kappa shape index (κ1) is 15.3. The Morgan fingerprint density at radius 1 is 1.23 bits per heavy atom. The second kappa shape index (κ2) is 7.07. The lowest BCUT2D eigenvalue weighted by Crippen LogP contribution is -2.37. The van der Waals surface area contributed by atoms with E-state index in [9.17, 15) is 4.79 Å². The Morgan fingerprint density at radius 3 is 2.59 bits per heavy atom. The van der Waals surface area contributed by atoms with Crippen LogP contribution in [-0.4, -0.2) is 23.9 Å². The number of carbonyl (C=O) groups is 1. The van der Waals surface area contributed by atoms with Crippen molar-refractivity contribution in [3.63, 3.8) is 0 Å². The van der Waals surface area contributed by atoms with Crippen molar-refractivity contribution >= 4 is 22.9 Å². The van der Waals surface area contributed by atoms with Crippen LogP contribution in [0.25, 0.3) is 0 Å². The molecule has 22 heavy (non-hydrogen) atoms. The number of likely N-dealkylation sites (tertiary alicyclic amines) is 1. The molecule has 0 atom stereocenters. The van der Waals surface area contributed by atoms with Crippen LogP contribution in [0, 0.1) is 12.8 Å². The van der Waals surface area contributed by atoms with E-state index in [0.29, 0.717) is 0 Å². The highest BCUT2D eigenvalue weighted by Crippen LogP contribution is 2.23. The Morgan fingerprint density at radius 2 is 1.95 bits per heavy atom. The van der Waals surface area contributed by atoms with E-state index in [1.165, 1.54) is 10.4 Å². The number of piperidine rings is 1. The van der Waals surface area contributed by atoms with Crippen LogP contribution in [0.4, 0.5) is 5.69 Å². The zero-order chi connectivity index (χ0) is 15.4. The molecule has 1 aliphatic heterocycles. The number of anilines is 1. The summed E-state index contributed by atoms with van der Waals surface area (Å²) < 4.78 is 0. The molecule has 0 bridgehead atoms. The standard InChI is InChI=1S/C18H22N2OS/c1-14-9-12-22-17(14)13-20-10-7-15(8-11-20)18(21)19-16-5-3-2-4-6-16/h2-6,9,12,15H,7-8,10-11,13H2,1H3,(H,19,21). The summed E-state index contributed by atoms with van der Waals surface area (Å²) in [6.45, 7) is 5.21. The zero-order valence-electron chi connectivity index (χ0n) is 12.9. The van der Waals surface area contributed by atoms with Gasteiger partial charge in [0.25, 0.3) is 0 Å². The highest BCUT2D eigenvalue weighted by Gasteiger charge is 2.25. The highest BCUT2D eigenvalue weighted by atomic mass is 32.1. The first-order chi connectivity index (χ1) is 10.7. The smallest absolute Gasteiger partial charge is 0.227 e. The van der Waals surface area contributed by atoms with Crippen molar-refractivity contribution in [3.8, 4) is 0 Å². The zero-order valence-corrected chi connectivity index (χ0v) is 13.7. The Labute approximate surface area is 136 Å². The van der Waals surface area contributed by atoms with Crippen LogP contribution in [0.1, 0.15) is 23.3 Å². The lowest BCUT2D eigenvalue weighted by molar-refractivity contribution is -0.121. The molecule has 0 aliphatic carbocycles. The van der Waals surface area contributed by atoms with Gasteiger partial charge < -0.3 is 5.32 Å². The molecular formula is C18H22N2OS. The molecule has 3 nitrogen and oxygen atoms in total. The Balaban J connectivity index is 1.49. The maximum Gasteiger partial charge on any atom is 0.227 e. The second-order valence-corrected chi connectivity index (χ2v) is 6.93. The summed E-state index contributed by atoms with van der Waals surface area (Å²) in [5, 5.41) is 5.18. The number of thiophene rings is 1. The molecule has 0 spiro atoms. The maximum atomic E-state index is 12.3. The van der Waals surface area contributed by atoms with Crippen molar-refractivity contribution in [2.45, 2.75) is 26.3 Å². The molecule has 1 fully saturated rings. The predicted molar refractivity (Wildman–Crippen MR) is 92.1 cm³/mol. The molecule has 2 heterocycles. The van der Waals surface area contributed by atoms with E-state index in [0.717, 1.165) is 38.2 Å². The van der Waals surface area contributed by atoms with E-state index in [4.69, 9.17) is 0 Å². The van der Waals surface area contributed by atoms with Gasteiger partial charge in [-0.25, -0.2) is 0 Å². The van der Waals surface area contributed by atoms with Gasteiger partial charge in [0.15, 0.2) is 0 Å². The van der Waals surface area contributed by atoms with Crippen molar-refractivity contribution in [1.29, 1.82) is 0 Å². The first-order valence-electron chi connectivity index (χ1n) is 7.83. The summed E-state index contributed by atoms with van der Waals surface area (Å²) in [4.78, 5) is 16.2. The average molecular weight is 314 g/mol. The number of hydrogen-bond acceptors (Lipinski definition) is 3. The fraction of sp³-hybridized carbons (Fsp3) is 0.389. The molecule has 1 aromatic heterocycles. The summed E-state index contributed by atoms with van der Waals surface area (Å²) in [5.74, 6) is 0.305. The molecule has 4 heteroatoms. The molecule has 1 aromatic carbocycles. The molecule has 0 saturated carbocycles. The van der Waals surface area contributed by atoms with Crippen molar-refractivity contribution < 1.29 is 4.79 Å². The van der Waals surface area contributed by atoms with Crippen molar-refractivity contribution in [2.75, 3.05) is 18.4 Å². The summed E-state index contributed by atoms with van der Waals surface area (Å²) in [5.41, 5.74) is 2.28. The second-order valence-electron chi connectivity index (χ2n) is 5.93. The lowest BCUT2D eigenvalue weighted by Gasteiger charge is -2.31. The number of amides is 1. The quantitative estimate of drug-likeness (QED) is 0.928. The number of carbonyl (C=O) groups excluding carboxylic acids is 1. The number of benzene rings is 1. The number of para-hydroxylation sites is 1. The fourth-order valence-corrected chi connectivity index (χ4v) is 3.84. The van der Waals surface area contributed by atoms with Gasteiger partial charge in [0.1, 0.15) is 0 Å². The minimum atomic E-state index is 0.140. The van der Waals surface area contributed by atoms with Gasteiger partial charge in [-0.2, -0.15) is 0 Å². The monoisotopic (exact) mass is 314 g/mol. The molecule has 2 aromatic rings. The Kier molecular flexibility index (Phi) is 4.90. The van der Waals surface area contributed by atoms with Crippen molar-refractivity contribution in [2.24, 2.45) is 5.92 Å². The third kappa shape index (κ3) is 3.76. The summed E-state index contributed by atoms with van der Waals surface area (Å²) in [6, 6.07) is 11.9. The molecule has 1 saturated heterocycles. The SMILES string of the molecule is Cc1ccsc1CN1CCC(C(=O)Nc2ccccc2)CC1. The Hall–Kier alpha value is -1.65. The normalized spacial score (nSPS) is 16.6. The number of nitrogens with zero attached hydrogens (tertiary/aromatic N) is 1. The molecule has 0 unspecified atom stereocenters. The molecule has 0 radical (unpaired) electrons. The predicted octanol–water partition coefficient (Wildman–Crippen LogP) is 3.91. The molecule has 1 amide bonds. The third-order valence-electron chi connectivity index (χ3n) is 4.34. The van der Waals surface area contributed by atoms with Gasteiger partial charge >= 0.3 is 0 Å². The van der Waals surface area contributed by atoms with Crippen LogP contribution in [0.3, 0.4) is 0 Å². The minimum absolute atomic E-state index is 0.140. The van der Waals surface area contributed by atoms with E-state index in [1.807, 2.05) is 41.7 Å². The highest BCUT2D eigenvalue weighted by molar-refractivity contribution is 7.10. The fourth-order valence-electron chi connectivity index (χ4n) is 2.89. The number of rotatable bonds is 4. The number of aryl methyl sites for hydroxylation is 1. The van der Waals surface area contributed by atoms with E-state index in [2.05, 4.69) is 28.6 Å². The summed E-state index contributed by atoms with van der Waals surface area (Å²) in [7, 11) is 0. The Bertz CT molecular complexity index is 615. The number of hydrogen-bond donors (Lipinski definition) is 1. The van der Waals surface area contributed by atoms with Gasteiger partial charge in [-0.05, 0) is 62.0 Å². The van der Waals surface area contributed by atoms with Crippen LogP contribution < -0.4 is 5.32 Å². The largest absolute Gasteiger partial charge is 0.326 e. The van der Waals surface area contributed by atoms with Crippen LogP contribution in [-0.2, 0) is 11.3 Å². The van der Waals surface area contributed by atoms with Crippen molar-refractivity contribution in [3.05, 3.63) is 52.2 Å². The molecule has 3 rings (SSSR count). The van der Waals surface area contributed by atoms with Crippen LogP contribution in [0.5, 0.6) is 0 Å². The van der Waals surface area contributed by atoms with E-state index in [-0.39, 0.29) is 11.8 Å². The van der Waals surface area contributed by atoms with Crippen LogP contribution in [0.2, 0.25) is 0 Å². The van der Waals surface area contributed by atoms with Gasteiger partial charge in [0, 0.05) is 23.0 Å². The third-order valence-corrected chi connectivity index (χ3v) is 5.34. The maximum absolute atomic E-state index is 12.3. The summed E-state index contributed by atoms with van der Waals surface area (Å²) in [6.07, 6.45) is 1.90. The topological polar surface area (TPSA) is 32.3 Å². The van der Waals surface area contributed by atoms with Crippen molar-refractivity contribution in [1.82, 2.24) is 4.90 Å². The van der Waals surface area contributed by atoms with Crippen LogP contribution >= 0.6 is 11.3 Å². The molecule has 1 aliphatic rings. The lowest BCUT2D eigenvalue weighted by atomic mass is 9.95. The van der Waals surface area contributed by atoms with Gasteiger partial charge in [-0.1, -0.05) is 18.2 Å². The number of nitrogens with one attached hydrogen (secondary N) is 1. The van der Waals surface area contributed by atoms with E-state index < -0.39 is 0 Å².